The van der Waals surface area contributed by atoms with Gasteiger partial charge in [-0.1, -0.05) is 30.7 Å². The van der Waals surface area contributed by atoms with E-state index in [0.29, 0.717) is 12.8 Å². The Morgan fingerprint density at radius 2 is 1.85 bits per heavy atom. The summed E-state index contributed by atoms with van der Waals surface area (Å²) in [4.78, 5) is 12.8. The molecule has 0 amide bonds. The normalized spacial score (nSPS) is 28.6. The molecule has 0 bridgehead atoms. The zero-order valence-electron chi connectivity index (χ0n) is 11.5. The summed E-state index contributed by atoms with van der Waals surface area (Å²) >= 11 is 0. The third-order valence-electron chi connectivity index (χ3n) is 4.61. The standard InChI is InChI=1S/C16H20O3S/c17-16(15-10-3-4-11-20(15,18)19)14-9-5-7-12-6-1-2-8-13(12)14/h1-2,6,8,14-15H,3-5,7,9-11H2. The fourth-order valence-electron chi connectivity index (χ4n) is 3.55. The second-order valence-electron chi connectivity index (χ2n) is 5.90. The molecular formula is C16H20O3S. The first-order chi connectivity index (χ1) is 9.59. The quantitative estimate of drug-likeness (QED) is 0.842. The molecule has 108 valence electrons. The highest BCUT2D eigenvalue weighted by atomic mass is 32.2. The summed E-state index contributed by atoms with van der Waals surface area (Å²) < 4.78 is 24.3. The predicted molar refractivity (Wildman–Crippen MR) is 78.6 cm³/mol. The Balaban J connectivity index is 1.92. The van der Waals surface area contributed by atoms with Gasteiger partial charge in [0.2, 0.25) is 0 Å². The van der Waals surface area contributed by atoms with Crippen LogP contribution in [-0.4, -0.2) is 25.2 Å². The topological polar surface area (TPSA) is 51.2 Å². The third-order valence-corrected chi connectivity index (χ3v) is 6.80. The van der Waals surface area contributed by atoms with Gasteiger partial charge in [-0.3, -0.25) is 4.79 Å². The highest BCUT2D eigenvalue weighted by Gasteiger charge is 2.39. The van der Waals surface area contributed by atoms with Gasteiger partial charge in [-0.05, 0) is 43.2 Å². The minimum Gasteiger partial charge on any atom is -0.298 e. The zero-order chi connectivity index (χ0) is 14.2. The van der Waals surface area contributed by atoms with Crippen molar-refractivity contribution in [2.75, 3.05) is 5.75 Å². The van der Waals surface area contributed by atoms with E-state index in [9.17, 15) is 13.2 Å². The van der Waals surface area contributed by atoms with Crippen molar-refractivity contribution in [3.05, 3.63) is 35.4 Å². The van der Waals surface area contributed by atoms with Crippen LogP contribution in [0.2, 0.25) is 0 Å². The van der Waals surface area contributed by atoms with Gasteiger partial charge in [0.15, 0.2) is 15.6 Å². The molecule has 1 fully saturated rings. The zero-order valence-corrected chi connectivity index (χ0v) is 12.4. The monoisotopic (exact) mass is 292 g/mol. The molecule has 2 aliphatic rings. The van der Waals surface area contributed by atoms with Crippen LogP contribution < -0.4 is 0 Å². The Morgan fingerprint density at radius 1 is 1.05 bits per heavy atom. The number of carbonyl (C=O) groups is 1. The smallest absolute Gasteiger partial charge is 0.160 e. The van der Waals surface area contributed by atoms with E-state index < -0.39 is 15.1 Å². The lowest BCUT2D eigenvalue weighted by Gasteiger charge is -2.29. The first kappa shape index (κ1) is 13.8. The average Bonchev–Trinajstić information content (AvgIpc) is 2.45. The van der Waals surface area contributed by atoms with E-state index in [4.69, 9.17) is 0 Å². The van der Waals surface area contributed by atoms with Crippen molar-refractivity contribution < 1.29 is 13.2 Å². The van der Waals surface area contributed by atoms with Crippen LogP contribution in [0, 0.1) is 0 Å². The van der Waals surface area contributed by atoms with E-state index in [1.165, 1.54) is 5.56 Å². The third kappa shape index (κ3) is 2.41. The Hall–Kier alpha value is -1.16. The largest absolute Gasteiger partial charge is 0.298 e. The number of ketones is 1. The number of benzene rings is 1. The molecule has 0 N–H and O–H groups in total. The molecule has 1 aromatic rings. The molecule has 3 nitrogen and oxygen atoms in total. The van der Waals surface area contributed by atoms with Gasteiger partial charge in [-0.15, -0.1) is 0 Å². The van der Waals surface area contributed by atoms with Crippen molar-refractivity contribution in [2.24, 2.45) is 0 Å². The van der Waals surface area contributed by atoms with Gasteiger partial charge in [0.25, 0.3) is 0 Å². The highest BCUT2D eigenvalue weighted by molar-refractivity contribution is 7.92. The Bertz CT molecular complexity index is 618. The number of hydrogen-bond donors (Lipinski definition) is 0. The summed E-state index contributed by atoms with van der Waals surface area (Å²) in [6.07, 6.45) is 4.83. The van der Waals surface area contributed by atoms with E-state index in [1.807, 2.05) is 18.2 Å². The van der Waals surface area contributed by atoms with Gasteiger partial charge in [-0.25, -0.2) is 8.42 Å². The number of rotatable bonds is 2. The number of sulfone groups is 1. The Kier molecular flexibility index (Phi) is 3.67. The van der Waals surface area contributed by atoms with Crippen LogP contribution in [0.25, 0.3) is 0 Å². The van der Waals surface area contributed by atoms with E-state index in [1.54, 1.807) is 0 Å². The van der Waals surface area contributed by atoms with E-state index in [0.717, 1.165) is 31.2 Å². The summed E-state index contributed by atoms with van der Waals surface area (Å²) in [6.45, 7) is 0. The highest BCUT2D eigenvalue weighted by Crippen LogP contribution is 2.35. The molecule has 0 radical (unpaired) electrons. The van der Waals surface area contributed by atoms with Gasteiger partial charge in [-0.2, -0.15) is 0 Å². The summed E-state index contributed by atoms with van der Waals surface area (Å²) in [7, 11) is -3.22. The maximum atomic E-state index is 12.8. The summed E-state index contributed by atoms with van der Waals surface area (Å²) in [5.74, 6) is -0.0905. The van der Waals surface area contributed by atoms with Crippen molar-refractivity contribution in [3.63, 3.8) is 0 Å². The molecule has 0 aromatic heterocycles. The van der Waals surface area contributed by atoms with Crippen molar-refractivity contribution in [1.29, 1.82) is 0 Å². The minimum atomic E-state index is -3.22. The van der Waals surface area contributed by atoms with E-state index in [-0.39, 0.29) is 17.5 Å². The number of carbonyl (C=O) groups excluding carboxylic acids is 1. The Labute approximate surface area is 120 Å². The maximum Gasteiger partial charge on any atom is 0.160 e. The van der Waals surface area contributed by atoms with E-state index in [2.05, 4.69) is 6.07 Å². The van der Waals surface area contributed by atoms with Crippen LogP contribution >= 0.6 is 0 Å². The van der Waals surface area contributed by atoms with Crippen LogP contribution in [-0.2, 0) is 21.1 Å². The number of Topliss-reactive ketones (excluding diaryl/α,β-unsaturated/α-hetero) is 1. The molecular weight excluding hydrogens is 272 g/mol. The van der Waals surface area contributed by atoms with Gasteiger partial charge < -0.3 is 0 Å². The molecule has 1 heterocycles. The molecule has 20 heavy (non-hydrogen) atoms. The lowest BCUT2D eigenvalue weighted by atomic mass is 9.79. The number of aryl methyl sites for hydroxylation is 1. The second-order valence-corrected chi connectivity index (χ2v) is 8.20. The van der Waals surface area contributed by atoms with Crippen molar-refractivity contribution in [2.45, 2.75) is 49.7 Å². The summed E-state index contributed by atoms with van der Waals surface area (Å²) in [5.41, 5.74) is 2.27. The molecule has 1 saturated heterocycles. The lowest BCUT2D eigenvalue weighted by Crippen LogP contribution is -2.39. The molecule has 2 atom stereocenters. The molecule has 0 spiro atoms. The maximum absolute atomic E-state index is 12.8. The molecule has 4 heteroatoms. The van der Waals surface area contributed by atoms with Gasteiger partial charge in [0.1, 0.15) is 5.25 Å². The van der Waals surface area contributed by atoms with Crippen LogP contribution in [0.15, 0.2) is 24.3 Å². The van der Waals surface area contributed by atoms with Crippen LogP contribution in [0.4, 0.5) is 0 Å². The van der Waals surface area contributed by atoms with Crippen LogP contribution in [0.3, 0.4) is 0 Å². The average molecular weight is 292 g/mol. The Morgan fingerprint density at radius 3 is 2.65 bits per heavy atom. The first-order valence-electron chi connectivity index (χ1n) is 7.43. The minimum absolute atomic E-state index is 0.0585. The van der Waals surface area contributed by atoms with Crippen molar-refractivity contribution >= 4 is 15.6 Å². The molecule has 2 unspecified atom stereocenters. The number of fused-ring (bicyclic) bond motifs is 1. The number of hydrogen-bond acceptors (Lipinski definition) is 3. The van der Waals surface area contributed by atoms with Gasteiger partial charge >= 0.3 is 0 Å². The predicted octanol–water partition coefficient (Wildman–Crippen LogP) is 2.64. The second kappa shape index (κ2) is 5.32. The summed E-state index contributed by atoms with van der Waals surface area (Å²) in [6, 6.07) is 7.99. The van der Waals surface area contributed by atoms with Gasteiger partial charge in [0.05, 0.1) is 5.75 Å². The fraction of sp³-hybridized carbons (Fsp3) is 0.562. The summed E-state index contributed by atoms with van der Waals surface area (Å²) in [5, 5.41) is -0.757. The van der Waals surface area contributed by atoms with Crippen LogP contribution in [0.1, 0.15) is 49.1 Å². The van der Waals surface area contributed by atoms with Crippen molar-refractivity contribution in [1.82, 2.24) is 0 Å². The first-order valence-corrected chi connectivity index (χ1v) is 9.14. The van der Waals surface area contributed by atoms with Crippen molar-refractivity contribution in [3.8, 4) is 0 Å². The van der Waals surface area contributed by atoms with Gasteiger partial charge in [0, 0.05) is 5.92 Å². The molecule has 1 aliphatic heterocycles. The van der Waals surface area contributed by atoms with Crippen LogP contribution in [0.5, 0.6) is 0 Å². The lowest BCUT2D eigenvalue weighted by molar-refractivity contribution is -0.120. The fourth-order valence-corrected chi connectivity index (χ4v) is 5.48. The SMILES string of the molecule is O=C(C1CCCc2ccccc21)C1CCCCS1(=O)=O. The molecule has 3 rings (SSSR count). The molecule has 1 aliphatic carbocycles. The molecule has 0 saturated carbocycles. The van der Waals surface area contributed by atoms with E-state index >= 15 is 0 Å². The molecule has 1 aromatic carbocycles.